The van der Waals surface area contributed by atoms with Crippen molar-refractivity contribution in [3.63, 3.8) is 0 Å². The number of hydrogen-bond acceptors (Lipinski definition) is 11. The molecule has 182 valence electrons. The Morgan fingerprint density at radius 3 is 2.83 bits per heavy atom. The van der Waals surface area contributed by atoms with E-state index >= 15 is 0 Å². The molecule has 0 spiro atoms. The first kappa shape index (κ1) is 23.4. The van der Waals surface area contributed by atoms with Crippen molar-refractivity contribution in [3.8, 4) is 21.9 Å². The topological polar surface area (TPSA) is 149 Å². The number of hydrogen-bond donors (Lipinski definition) is 4. The van der Waals surface area contributed by atoms with Crippen LogP contribution in [0.5, 0.6) is 11.5 Å². The molecule has 0 radical (unpaired) electrons. The van der Waals surface area contributed by atoms with Gasteiger partial charge in [0.15, 0.2) is 33.6 Å². The Bertz CT molecular complexity index is 1340. The summed E-state index contributed by atoms with van der Waals surface area (Å²) in [6, 6.07) is 8.08. The van der Waals surface area contributed by atoms with E-state index in [0.717, 1.165) is 21.1 Å². The molecule has 0 aliphatic carbocycles. The van der Waals surface area contributed by atoms with Gasteiger partial charge in [-0.25, -0.2) is 20.4 Å². The molecule has 4 heterocycles. The number of amides is 1. The number of imidazole rings is 1. The van der Waals surface area contributed by atoms with Crippen molar-refractivity contribution in [3.05, 3.63) is 36.0 Å². The Balaban J connectivity index is 1.47. The zero-order chi connectivity index (χ0) is 24.2. The number of rotatable bonds is 9. The van der Waals surface area contributed by atoms with Crippen molar-refractivity contribution in [1.82, 2.24) is 30.3 Å². The fourth-order valence-corrected chi connectivity index (χ4v) is 5.55. The molecule has 1 aliphatic heterocycles. The fraction of sp³-hybridized carbons (Fsp3) is 0.273. The molecule has 0 bridgehead atoms. The molecule has 5 N–H and O–H groups in total. The third kappa shape index (κ3) is 5.03. The van der Waals surface area contributed by atoms with E-state index in [1.807, 2.05) is 28.1 Å². The first-order chi connectivity index (χ1) is 17.1. The molecule has 0 saturated heterocycles. The van der Waals surface area contributed by atoms with Gasteiger partial charge in [-0.05, 0) is 23.6 Å². The Morgan fingerprint density at radius 2 is 2.06 bits per heavy atom. The largest absolute Gasteiger partial charge is 0.486 e. The summed E-state index contributed by atoms with van der Waals surface area (Å²) in [6.45, 7) is 2.53. The van der Waals surface area contributed by atoms with Crippen LogP contribution >= 0.6 is 23.1 Å². The highest BCUT2D eigenvalue weighted by Gasteiger charge is 2.21. The Kier molecular flexibility index (Phi) is 6.99. The van der Waals surface area contributed by atoms with Crippen molar-refractivity contribution in [2.75, 3.05) is 32.0 Å². The summed E-state index contributed by atoms with van der Waals surface area (Å²) < 4.78 is 13.6. The number of nitrogens with one attached hydrogen (secondary N) is 2. The van der Waals surface area contributed by atoms with Crippen LogP contribution in [0.3, 0.4) is 0 Å². The minimum absolute atomic E-state index is 0.166. The highest BCUT2D eigenvalue weighted by atomic mass is 32.2. The third-order valence-corrected chi connectivity index (χ3v) is 7.28. The van der Waals surface area contributed by atoms with Crippen molar-refractivity contribution < 1.29 is 19.5 Å². The van der Waals surface area contributed by atoms with E-state index in [2.05, 4.69) is 21.4 Å². The molecular weight excluding hydrogens is 490 g/mol. The van der Waals surface area contributed by atoms with Gasteiger partial charge in [0, 0.05) is 41.4 Å². The lowest BCUT2D eigenvalue weighted by Crippen LogP contribution is -2.27. The number of nitrogens with two attached hydrogens (primary N) is 1. The highest BCUT2D eigenvalue weighted by Crippen LogP contribution is 2.45. The van der Waals surface area contributed by atoms with Crippen molar-refractivity contribution >= 4 is 46.0 Å². The second-order valence-corrected chi connectivity index (χ2v) is 9.54. The summed E-state index contributed by atoms with van der Waals surface area (Å²) in [4.78, 5) is 26.6. The average molecular weight is 514 g/mol. The molecule has 1 amide bonds. The summed E-state index contributed by atoms with van der Waals surface area (Å²) in [5, 5.41) is 14.6. The van der Waals surface area contributed by atoms with E-state index in [0.29, 0.717) is 60.7 Å². The van der Waals surface area contributed by atoms with Gasteiger partial charge >= 0.3 is 0 Å². The van der Waals surface area contributed by atoms with Crippen LogP contribution in [0.15, 0.2) is 46.0 Å². The summed E-state index contributed by atoms with van der Waals surface area (Å²) in [6.07, 6.45) is 1.59. The van der Waals surface area contributed by atoms with Gasteiger partial charge in [0.1, 0.15) is 19.5 Å². The van der Waals surface area contributed by atoms with Gasteiger partial charge in [-0.1, -0.05) is 17.8 Å². The van der Waals surface area contributed by atoms with Crippen LogP contribution < -0.4 is 26.0 Å². The number of thiophene rings is 1. The van der Waals surface area contributed by atoms with E-state index in [-0.39, 0.29) is 6.42 Å². The molecule has 0 fully saturated rings. The highest BCUT2D eigenvalue weighted by molar-refractivity contribution is 7.99. The Morgan fingerprint density at radius 1 is 1.23 bits per heavy atom. The molecule has 11 nitrogen and oxygen atoms in total. The minimum atomic E-state index is -0.443. The number of fused-ring (bicyclic) bond motifs is 2. The van der Waals surface area contributed by atoms with E-state index in [1.165, 1.54) is 18.1 Å². The molecule has 0 saturated carbocycles. The number of nitrogens with zero attached hydrogens (tertiary/aromatic N) is 4. The van der Waals surface area contributed by atoms with E-state index in [9.17, 15) is 4.79 Å². The Labute approximate surface area is 208 Å². The zero-order valence-electron chi connectivity index (χ0n) is 18.6. The summed E-state index contributed by atoms with van der Waals surface area (Å²) in [5.74, 6) is 1.29. The van der Waals surface area contributed by atoms with Crippen molar-refractivity contribution in [2.45, 2.75) is 23.0 Å². The predicted octanol–water partition coefficient (Wildman–Crippen LogP) is 2.54. The lowest BCUT2D eigenvalue weighted by atomic mass is 10.1. The van der Waals surface area contributed by atoms with Gasteiger partial charge in [-0.15, -0.1) is 11.3 Å². The van der Waals surface area contributed by atoms with Crippen LogP contribution in [0.4, 0.5) is 5.82 Å². The molecule has 1 aromatic carbocycles. The standard InChI is InChI=1S/C22H23N7O4S2/c23-20-19-21(26-12-25-20)29(6-5-24-4-3-18(30)28-31)22(27-19)35-17-11-15-14(32-7-8-33-15)10-13(17)16-2-1-9-34-16/h1-2,9-12,24,31H,3-8H2,(H,28,30)(H2,23,25,26). The van der Waals surface area contributed by atoms with Crippen LogP contribution in [0.25, 0.3) is 21.6 Å². The normalized spacial score (nSPS) is 12.7. The van der Waals surface area contributed by atoms with E-state index < -0.39 is 5.91 Å². The van der Waals surface area contributed by atoms with Gasteiger partial charge < -0.3 is 25.1 Å². The molecule has 0 atom stereocenters. The molecule has 3 aromatic heterocycles. The molecule has 5 rings (SSSR count). The number of anilines is 1. The first-order valence-electron chi connectivity index (χ1n) is 10.9. The third-order valence-electron chi connectivity index (χ3n) is 5.32. The molecule has 13 heteroatoms. The number of carbonyl (C=O) groups excluding carboxylic acids is 1. The smallest absolute Gasteiger partial charge is 0.244 e. The van der Waals surface area contributed by atoms with Crippen molar-refractivity contribution in [2.24, 2.45) is 0 Å². The zero-order valence-corrected chi connectivity index (χ0v) is 20.2. The fourth-order valence-electron chi connectivity index (χ4n) is 3.66. The summed E-state index contributed by atoms with van der Waals surface area (Å²) in [7, 11) is 0. The maximum atomic E-state index is 11.2. The molecule has 4 aromatic rings. The van der Waals surface area contributed by atoms with Crippen molar-refractivity contribution in [1.29, 1.82) is 0 Å². The molecular formula is C22H23N7O4S2. The quantitative estimate of drug-likeness (QED) is 0.149. The second-order valence-electron chi connectivity index (χ2n) is 7.58. The van der Waals surface area contributed by atoms with Gasteiger partial charge in [0.2, 0.25) is 5.91 Å². The van der Waals surface area contributed by atoms with Crippen LogP contribution in [0.2, 0.25) is 0 Å². The van der Waals surface area contributed by atoms with Gasteiger partial charge in [0.05, 0.1) is 0 Å². The number of hydroxylamine groups is 1. The van der Waals surface area contributed by atoms with E-state index in [4.69, 9.17) is 25.4 Å². The summed E-state index contributed by atoms with van der Waals surface area (Å²) in [5.41, 5.74) is 9.92. The number of ether oxygens (including phenoxy) is 2. The number of benzene rings is 1. The minimum Gasteiger partial charge on any atom is -0.486 e. The SMILES string of the molecule is Nc1ncnc2c1nc(Sc1cc3c(cc1-c1cccs1)OCCO3)n2CCNCCC(=O)NO. The van der Waals surface area contributed by atoms with Gasteiger partial charge in [-0.2, -0.15) is 0 Å². The van der Waals surface area contributed by atoms with Gasteiger partial charge in [-0.3, -0.25) is 10.0 Å². The number of carbonyl (C=O) groups is 1. The maximum Gasteiger partial charge on any atom is 0.244 e. The summed E-state index contributed by atoms with van der Waals surface area (Å²) >= 11 is 3.14. The van der Waals surface area contributed by atoms with Crippen LogP contribution in [-0.2, 0) is 11.3 Å². The average Bonchev–Trinajstić information content (AvgIpc) is 3.53. The molecule has 0 unspecified atom stereocenters. The lowest BCUT2D eigenvalue weighted by Gasteiger charge is -2.21. The molecule has 35 heavy (non-hydrogen) atoms. The predicted molar refractivity (Wildman–Crippen MR) is 132 cm³/mol. The number of nitrogen functional groups attached to an aromatic ring is 1. The molecule has 1 aliphatic rings. The lowest BCUT2D eigenvalue weighted by molar-refractivity contribution is -0.129. The monoisotopic (exact) mass is 513 g/mol. The first-order valence-corrected chi connectivity index (χ1v) is 12.6. The van der Waals surface area contributed by atoms with Crippen LogP contribution in [0.1, 0.15) is 6.42 Å². The Hall–Kier alpha value is -3.39. The maximum absolute atomic E-state index is 11.2. The van der Waals surface area contributed by atoms with E-state index in [1.54, 1.807) is 16.8 Å². The number of aromatic nitrogens is 4. The van der Waals surface area contributed by atoms with Crippen LogP contribution in [0, 0.1) is 0 Å². The van der Waals surface area contributed by atoms with Gasteiger partial charge in [0.25, 0.3) is 0 Å². The van der Waals surface area contributed by atoms with Crippen LogP contribution in [-0.4, -0.2) is 56.9 Å². The second kappa shape index (κ2) is 10.5.